The Hall–Kier alpha value is -4.42. The highest BCUT2D eigenvalue weighted by Gasteiger charge is 2.35. The van der Waals surface area contributed by atoms with E-state index in [0.717, 1.165) is 36.1 Å². The number of carbonyl (C=O) groups excluding carboxylic acids is 3. The number of halogens is 3. The van der Waals surface area contributed by atoms with Crippen LogP contribution in [0.5, 0.6) is 0 Å². The molecule has 1 heterocycles. The number of esters is 1. The second-order valence-corrected chi connectivity index (χ2v) is 9.61. The van der Waals surface area contributed by atoms with Crippen molar-refractivity contribution in [1.29, 1.82) is 0 Å². The maximum atomic E-state index is 13.6. The van der Waals surface area contributed by atoms with E-state index in [-0.39, 0.29) is 41.6 Å². The van der Waals surface area contributed by atoms with Crippen LogP contribution in [0.15, 0.2) is 53.2 Å². The van der Waals surface area contributed by atoms with Crippen LogP contribution in [0.4, 0.5) is 35.2 Å². The van der Waals surface area contributed by atoms with Crippen LogP contribution in [0.2, 0.25) is 0 Å². The molecule has 0 radical (unpaired) electrons. The number of nitrogens with zero attached hydrogens (tertiary/aromatic N) is 2. The molecule has 2 aromatic carbocycles. The van der Waals surface area contributed by atoms with Crippen LogP contribution in [-0.4, -0.2) is 30.3 Å². The molecule has 1 aliphatic rings. The largest absolute Gasteiger partial charge is 0.469 e. The maximum Gasteiger partial charge on any atom is 0.416 e. The van der Waals surface area contributed by atoms with Gasteiger partial charge in [0, 0.05) is 24.2 Å². The first kappa shape index (κ1) is 28.6. The number of rotatable bonds is 7. The molecule has 1 saturated carbocycles. The number of hydrogen-bond donors (Lipinski definition) is 3. The van der Waals surface area contributed by atoms with Gasteiger partial charge in [0.1, 0.15) is 0 Å². The molecule has 1 fully saturated rings. The summed E-state index contributed by atoms with van der Waals surface area (Å²) in [6.45, 7) is 1.83. The number of aryl methyl sites for hydroxylation is 1. The van der Waals surface area contributed by atoms with Crippen molar-refractivity contribution in [1.82, 2.24) is 5.27 Å². The lowest BCUT2D eigenvalue weighted by Gasteiger charge is -2.21. The molecule has 40 heavy (non-hydrogen) atoms. The third-order valence-electron chi connectivity index (χ3n) is 6.69. The minimum atomic E-state index is -4.72. The van der Waals surface area contributed by atoms with Crippen LogP contribution in [0.3, 0.4) is 0 Å². The van der Waals surface area contributed by atoms with Gasteiger partial charge in [-0.15, -0.1) is 0 Å². The molecule has 1 aliphatic carbocycles. The zero-order chi connectivity index (χ0) is 28.9. The maximum absolute atomic E-state index is 13.6. The van der Waals surface area contributed by atoms with Gasteiger partial charge in [-0.25, -0.2) is 4.79 Å². The van der Waals surface area contributed by atoms with Gasteiger partial charge in [-0.05, 0) is 53.8 Å². The first-order valence-corrected chi connectivity index (χ1v) is 12.6. The quantitative estimate of drug-likeness (QED) is 0.275. The molecule has 0 bridgehead atoms. The molecule has 0 saturated heterocycles. The predicted molar refractivity (Wildman–Crippen MR) is 137 cm³/mol. The van der Waals surface area contributed by atoms with Crippen LogP contribution < -0.4 is 20.6 Å². The number of nitrogens with one attached hydrogen (secondary N) is 3. The van der Waals surface area contributed by atoms with Gasteiger partial charge in [0.25, 0.3) is 6.20 Å². The lowest BCUT2D eigenvalue weighted by Crippen LogP contribution is -2.44. The molecule has 1 aromatic heterocycles. The van der Waals surface area contributed by atoms with E-state index in [1.54, 1.807) is 12.1 Å². The standard InChI is InChI=1S/C27H28F3N5O5/c1-16-6-3-4-7-17(16)11-23(36)31-20-12-19(27(28,29)30)13-21(14-20)32-26(38)33-24-15-35(34-40-24)22-9-5-8-18(10-22)25(37)39-2/h3-4,6-7,12-15,18,22H,5,8-11H2,1-2H3,(H2-,31,32,33,34,36,38)/p+1/t18-,22+/m0/s1. The van der Waals surface area contributed by atoms with Crippen molar-refractivity contribution in [3.8, 4) is 0 Å². The molecular weight excluding hydrogens is 531 g/mol. The van der Waals surface area contributed by atoms with E-state index in [4.69, 9.17) is 9.26 Å². The van der Waals surface area contributed by atoms with E-state index in [2.05, 4.69) is 21.2 Å². The van der Waals surface area contributed by atoms with Crippen molar-refractivity contribution in [2.45, 2.75) is 51.2 Å². The normalized spacial score (nSPS) is 17.1. The van der Waals surface area contributed by atoms with Gasteiger partial charge in [-0.1, -0.05) is 24.3 Å². The van der Waals surface area contributed by atoms with Gasteiger partial charge >= 0.3 is 24.1 Å². The second-order valence-electron chi connectivity index (χ2n) is 9.61. The molecule has 2 atom stereocenters. The van der Waals surface area contributed by atoms with Crippen molar-refractivity contribution in [3.05, 3.63) is 65.4 Å². The van der Waals surface area contributed by atoms with Gasteiger partial charge < -0.3 is 15.4 Å². The van der Waals surface area contributed by atoms with Crippen molar-refractivity contribution in [2.24, 2.45) is 5.92 Å². The number of urea groups is 1. The van der Waals surface area contributed by atoms with Gasteiger partial charge in [0.15, 0.2) is 6.04 Å². The van der Waals surface area contributed by atoms with Crippen molar-refractivity contribution >= 4 is 35.2 Å². The molecular formula is C27H29F3N5O5+. The summed E-state index contributed by atoms with van der Waals surface area (Å²) in [7, 11) is 1.34. The highest BCUT2D eigenvalue weighted by Crippen LogP contribution is 2.34. The minimum absolute atomic E-state index is 0.0287. The summed E-state index contributed by atoms with van der Waals surface area (Å²) in [6.07, 6.45) is -0.571. The number of carbonyl (C=O) groups is 3. The lowest BCUT2D eigenvalue weighted by molar-refractivity contribution is -0.787. The van der Waals surface area contributed by atoms with E-state index in [9.17, 15) is 27.6 Å². The number of hydrogen-bond acceptors (Lipinski definition) is 6. The number of anilines is 3. The number of aromatic nitrogens is 2. The van der Waals surface area contributed by atoms with E-state index in [0.29, 0.717) is 12.8 Å². The first-order chi connectivity index (χ1) is 19.0. The second kappa shape index (κ2) is 12.2. The summed E-state index contributed by atoms with van der Waals surface area (Å²) >= 11 is 0. The highest BCUT2D eigenvalue weighted by atomic mass is 19.4. The third-order valence-corrected chi connectivity index (χ3v) is 6.69. The summed E-state index contributed by atoms with van der Waals surface area (Å²) in [5.74, 6) is -1.11. The topological polar surface area (TPSA) is 126 Å². The van der Waals surface area contributed by atoms with Gasteiger partial charge in [0.2, 0.25) is 11.2 Å². The summed E-state index contributed by atoms with van der Waals surface area (Å²) in [5.41, 5.74) is 0.244. The van der Waals surface area contributed by atoms with Crippen molar-refractivity contribution in [3.63, 3.8) is 0 Å². The molecule has 3 N–H and O–H groups in total. The lowest BCUT2D eigenvalue weighted by atomic mass is 9.86. The Morgan fingerprint density at radius 2 is 1.80 bits per heavy atom. The molecule has 3 amide bonds. The number of alkyl halides is 3. The Morgan fingerprint density at radius 3 is 2.50 bits per heavy atom. The SMILES string of the molecule is COC(=O)[C@H]1CCC[C@@H]([n+]2cc(NC(=O)Nc3cc(NC(=O)Cc4ccccc4C)cc(C(F)(F)F)c3)on2)C1. The van der Waals surface area contributed by atoms with Crippen LogP contribution in [0.1, 0.15) is 48.4 Å². The molecule has 10 nitrogen and oxygen atoms in total. The first-order valence-electron chi connectivity index (χ1n) is 12.6. The van der Waals surface area contributed by atoms with E-state index in [1.165, 1.54) is 24.1 Å². The Morgan fingerprint density at radius 1 is 1.07 bits per heavy atom. The average Bonchev–Trinajstić information content (AvgIpc) is 3.37. The number of amides is 3. The smallest absolute Gasteiger partial charge is 0.416 e. The Balaban J connectivity index is 1.42. The monoisotopic (exact) mass is 560 g/mol. The van der Waals surface area contributed by atoms with E-state index in [1.807, 2.05) is 19.1 Å². The molecule has 212 valence electrons. The van der Waals surface area contributed by atoms with Crippen LogP contribution in [0, 0.1) is 12.8 Å². The highest BCUT2D eigenvalue weighted by molar-refractivity contribution is 6.00. The van der Waals surface area contributed by atoms with Crippen LogP contribution in [-0.2, 0) is 26.9 Å². The molecule has 0 spiro atoms. The van der Waals surface area contributed by atoms with Gasteiger partial charge in [-0.3, -0.25) is 19.4 Å². The van der Waals surface area contributed by atoms with E-state index >= 15 is 0 Å². The summed E-state index contributed by atoms with van der Waals surface area (Å²) in [5, 5.41) is 11.1. The zero-order valence-corrected chi connectivity index (χ0v) is 21.9. The van der Waals surface area contributed by atoms with Gasteiger partial charge in [0.05, 0.1) is 25.0 Å². The molecule has 0 aliphatic heterocycles. The van der Waals surface area contributed by atoms with Gasteiger partial charge in [-0.2, -0.15) is 13.2 Å². The Kier molecular flexibility index (Phi) is 8.70. The van der Waals surface area contributed by atoms with E-state index < -0.39 is 23.7 Å². The third kappa shape index (κ3) is 7.36. The Bertz CT molecular complexity index is 1390. The predicted octanol–water partition coefficient (Wildman–Crippen LogP) is 5.02. The molecule has 13 heteroatoms. The minimum Gasteiger partial charge on any atom is -0.469 e. The number of methoxy groups -OCH3 is 1. The molecule has 3 aromatic rings. The summed E-state index contributed by atoms with van der Waals surface area (Å²) in [6, 6.07) is 8.93. The zero-order valence-electron chi connectivity index (χ0n) is 21.9. The summed E-state index contributed by atoms with van der Waals surface area (Å²) < 4.78 is 52.1. The fourth-order valence-corrected chi connectivity index (χ4v) is 4.67. The molecule has 0 unspecified atom stereocenters. The number of benzene rings is 2. The van der Waals surface area contributed by atoms with Crippen LogP contribution in [0.25, 0.3) is 0 Å². The van der Waals surface area contributed by atoms with Crippen molar-refractivity contribution in [2.75, 3.05) is 23.1 Å². The Labute approximate surface area is 227 Å². The van der Waals surface area contributed by atoms with Crippen molar-refractivity contribution < 1.29 is 41.5 Å². The number of ether oxygens (including phenoxy) is 1. The summed E-state index contributed by atoms with van der Waals surface area (Å²) in [4.78, 5) is 37.0. The fraction of sp³-hybridized carbons (Fsp3) is 0.370. The average molecular weight is 561 g/mol. The van der Waals surface area contributed by atoms with Crippen LogP contribution >= 0.6 is 0 Å². The molecule has 4 rings (SSSR count). The fourth-order valence-electron chi connectivity index (χ4n) is 4.67.